The highest BCUT2D eigenvalue weighted by Crippen LogP contribution is 2.63. The lowest BCUT2D eigenvalue weighted by molar-refractivity contribution is -0.0985. The molecule has 0 bridgehead atoms. The minimum atomic E-state index is 0.406. The summed E-state index contributed by atoms with van der Waals surface area (Å²) in [5.41, 5.74) is 1.83. The van der Waals surface area contributed by atoms with Crippen LogP contribution < -0.4 is 0 Å². The molecule has 1 saturated carbocycles. The van der Waals surface area contributed by atoms with Gasteiger partial charge >= 0.3 is 0 Å². The minimum absolute atomic E-state index is 0.406. The molecule has 0 heterocycles. The Bertz CT molecular complexity index is 230. The predicted molar refractivity (Wildman–Crippen MR) is 73.6 cm³/mol. The van der Waals surface area contributed by atoms with E-state index in [1.54, 1.807) is 0 Å². The van der Waals surface area contributed by atoms with Crippen LogP contribution in [0.5, 0.6) is 0 Å². The Labute approximate surface area is 103 Å². The van der Waals surface area contributed by atoms with E-state index >= 15 is 0 Å². The predicted octanol–water partition coefficient (Wildman–Crippen LogP) is 5.67. The fraction of sp³-hybridized carbons (Fsp3) is 1.00. The first-order valence-corrected chi connectivity index (χ1v) is 6.91. The molecule has 1 fully saturated rings. The molecule has 96 valence electrons. The lowest BCUT2D eigenvalue weighted by atomic mass is 9.45. The molecular formula is C16H32. The smallest absolute Gasteiger partial charge is 0.0195 e. The molecule has 0 aromatic heterocycles. The van der Waals surface area contributed by atoms with Crippen LogP contribution in [0.3, 0.4) is 0 Å². The average Bonchev–Trinajstić information content (AvgIpc) is 1.97. The van der Waals surface area contributed by atoms with Crippen LogP contribution in [0, 0.1) is 21.7 Å². The molecule has 16 heavy (non-hydrogen) atoms. The van der Waals surface area contributed by atoms with E-state index in [9.17, 15) is 0 Å². The third-order valence-electron chi connectivity index (χ3n) is 5.11. The van der Waals surface area contributed by atoms with Crippen LogP contribution in [0.4, 0.5) is 0 Å². The summed E-state index contributed by atoms with van der Waals surface area (Å²) in [6.45, 7) is 19.6. The maximum Gasteiger partial charge on any atom is -0.0195 e. The SMILES string of the molecule is CC1(C)CCCC(C(C)(C)C)(C(C)(C)C)C1. The lowest BCUT2D eigenvalue weighted by Gasteiger charge is -2.59. The molecule has 0 aliphatic heterocycles. The molecular weight excluding hydrogens is 192 g/mol. The molecule has 0 unspecified atom stereocenters. The van der Waals surface area contributed by atoms with E-state index in [4.69, 9.17) is 0 Å². The van der Waals surface area contributed by atoms with E-state index in [-0.39, 0.29) is 0 Å². The topological polar surface area (TPSA) is 0 Å². The zero-order chi connectivity index (χ0) is 12.8. The van der Waals surface area contributed by atoms with Crippen molar-refractivity contribution in [1.82, 2.24) is 0 Å². The van der Waals surface area contributed by atoms with Gasteiger partial charge in [0, 0.05) is 0 Å². The zero-order valence-electron chi connectivity index (χ0n) is 12.8. The van der Waals surface area contributed by atoms with Crippen molar-refractivity contribution in [3.05, 3.63) is 0 Å². The van der Waals surface area contributed by atoms with Gasteiger partial charge in [0.25, 0.3) is 0 Å². The van der Waals surface area contributed by atoms with Crippen LogP contribution in [-0.4, -0.2) is 0 Å². The van der Waals surface area contributed by atoms with Crippen molar-refractivity contribution >= 4 is 0 Å². The molecule has 0 N–H and O–H groups in total. The van der Waals surface area contributed by atoms with Gasteiger partial charge in [-0.2, -0.15) is 0 Å². The van der Waals surface area contributed by atoms with Crippen LogP contribution in [-0.2, 0) is 0 Å². The summed E-state index contributed by atoms with van der Waals surface area (Å²) >= 11 is 0. The summed E-state index contributed by atoms with van der Waals surface area (Å²) in [5.74, 6) is 0. The summed E-state index contributed by atoms with van der Waals surface area (Å²) in [6, 6.07) is 0. The molecule has 0 saturated heterocycles. The van der Waals surface area contributed by atoms with Gasteiger partial charge in [0.15, 0.2) is 0 Å². The summed E-state index contributed by atoms with van der Waals surface area (Å²) in [6.07, 6.45) is 5.60. The average molecular weight is 224 g/mol. The van der Waals surface area contributed by atoms with Crippen molar-refractivity contribution in [3.8, 4) is 0 Å². The largest absolute Gasteiger partial charge is 0.0599 e. The maximum atomic E-state index is 2.46. The molecule has 0 aromatic rings. The summed E-state index contributed by atoms with van der Waals surface area (Å²) in [7, 11) is 0. The molecule has 1 aliphatic rings. The third-order valence-corrected chi connectivity index (χ3v) is 5.11. The quantitative estimate of drug-likeness (QED) is 0.497. The standard InChI is InChI=1S/C16H32/c1-13(2,3)16(14(4,5)6)11-9-10-15(7,8)12-16/h9-12H2,1-8H3. The number of hydrogen-bond donors (Lipinski definition) is 0. The van der Waals surface area contributed by atoms with Gasteiger partial charge in [-0.1, -0.05) is 61.8 Å². The number of hydrogen-bond acceptors (Lipinski definition) is 0. The van der Waals surface area contributed by atoms with Crippen LogP contribution in [0.1, 0.15) is 81.1 Å². The van der Waals surface area contributed by atoms with Crippen molar-refractivity contribution in [3.63, 3.8) is 0 Å². The Morgan fingerprint density at radius 2 is 1.19 bits per heavy atom. The Kier molecular flexibility index (Phi) is 3.30. The van der Waals surface area contributed by atoms with Gasteiger partial charge < -0.3 is 0 Å². The monoisotopic (exact) mass is 224 g/mol. The highest BCUT2D eigenvalue weighted by atomic mass is 14.6. The van der Waals surface area contributed by atoms with Crippen molar-refractivity contribution < 1.29 is 0 Å². The Morgan fingerprint density at radius 3 is 1.44 bits per heavy atom. The van der Waals surface area contributed by atoms with E-state index in [2.05, 4.69) is 55.4 Å². The van der Waals surface area contributed by atoms with Gasteiger partial charge in [-0.3, -0.25) is 0 Å². The van der Waals surface area contributed by atoms with E-state index < -0.39 is 0 Å². The molecule has 0 nitrogen and oxygen atoms in total. The molecule has 0 aromatic carbocycles. The maximum absolute atomic E-state index is 2.46. The molecule has 0 radical (unpaired) electrons. The van der Waals surface area contributed by atoms with Crippen molar-refractivity contribution in [1.29, 1.82) is 0 Å². The van der Waals surface area contributed by atoms with Gasteiger partial charge in [-0.05, 0) is 40.9 Å². The van der Waals surface area contributed by atoms with E-state index in [0.717, 1.165) is 0 Å². The van der Waals surface area contributed by atoms with Crippen molar-refractivity contribution in [2.45, 2.75) is 81.1 Å². The van der Waals surface area contributed by atoms with Gasteiger partial charge in [-0.25, -0.2) is 0 Å². The van der Waals surface area contributed by atoms with Crippen LogP contribution in [0.25, 0.3) is 0 Å². The van der Waals surface area contributed by atoms with Crippen LogP contribution in [0.2, 0.25) is 0 Å². The van der Waals surface area contributed by atoms with Gasteiger partial charge in [0.1, 0.15) is 0 Å². The zero-order valence-corrected chi connectivity index (χ0v) is 12.8. The van der Waals surface area contributed by atoms with E-state index in [0.29, 0.717) is 21.7 Å². The summed E-state index contributed by atoms with van der Waals surface area (Å²) < 4.78 is 0. The molecule has 1 aliphatic carbocycles. The summed E-state index contributed by atoms with van der Waals surface area (Å²) in [4.78, 5) is 0. The van der Waals surface area contributed by atoms with Gasteiger partial charge in [-0.15, -0.1) is 0 Å². The first-order chi connectivity index (χ1) is 6.91. The third kappa shape index (κ3) is 2.31. The normalized spacial score (nSPS) is 25.5. The fourth-order valence-electron chi connectivity index (χ4n) is 4.27. The van der Waals surface area contributed by atoms with Crippen LogP contribution in [0.15, 0.2) is 0 Å². The molecule has 1 rings (SSSR count). The molecule has 0 spiro atoms. The van der Waals surface area contributed by atoms with Crippen LogP contribution >= 0.6 is 0 Å². The fourth-order valence-corrected chi connectivity index (χ4v) is 4.27. The Balaban J connectivity index is 3.16. The molecule has 0 amide bonds. The Hall–Kier alpha value is 0. The van der Waals surface area contributed by atoms with Crippen molar-refractivity contribution in [2.75, 3.05) is 0 Å². The highest BCUT2D eigenvalue weighted by Gasteiger charge is 2.53. The minimum Gasteiger partial charge on any atom is -0.0599 e. The lowest BCUT2D eigenvalue weighted by Crippen LogP contribution is -2.50. The first kappa shape index (κ1) is 14.1. The first-order valence-electron chi connectivity index (χ1n) is 6.91. The second-order valence-corrected chi connectivity index (χ2v) is 8.78. The van der Waals surface area contributed by atoms with Gasteiger partial charge in [0.05, 0.1) is 0 Å². The van der Waals surface area contributed by atoms with E-state index in [1.807, 2.05) is 0 Å². The number of rotatable bonds is 0. The van der Waals surface area contributed by atoms with Gasteiger partial charge in [0.2, 0.25) is 0 Å². The molecule has 0 heteroatoms. The molecule has 0 atom stereocenters. The second-order valence-electron chi connectivity index (χ2n) is 8.78. The van der Waals surface area contributed by atoms with E-state index in [1.165, 1.54) is 25.7 Å². The van der Waals surface area contributed by atoms with Crippen molar-refractivity contribution in [2.24, 2.45) is 21.7 Å². The summed E-state index contributed by atoms with van der Waals surface area (Å²) in [5, 5.41) is 0. The second kappa shape index (κ2) is 3.75. The Morgan fingerprint density at radius 1 is 0.750 bits per heavy atom. The highest BCUT2D eigenvalue weighted by molar-refractivity contribution is 5.03.